The molecule has 0 aromatic carbocycles. The first-order chi connectivity index (χ1) is 8.63. The summed E-state index contributed by atoms with van der Waals surface area (Å²) >= 11 is 1.35. The van der Waals surface area contributed by atoms with E-state index >= 15 is 0 Å². The molecule has 0 aliphatic rings. The highest BCUT2D eigenvalue weighted by molar-refractivity contribution is 7.99. The van der Waals surface area contributed by atoms with E-state index in [-0.39, 0.29) is 6.04 Å². The molecule has 2 aromatic heterocycles. The predicted octanol–water partition coefficient (Wildman–Crippen LogP) is 1.62. The summed E-state index contributed by atoms with van der Waals surface area (Å²) < 4.78 is 0. The predicted molar refractivity (Wildman–Crippen MR) is 70.3 cm³/mol. The van der Waals surface area contributed by atoms with Crippen LogP contribution in [0.2, 0.25) is 0 Å². The number of aryl methyl sites for hydroxylation is 1. The average molecular weight is 261 g/mol. The van der Waals surface area contributed by atoms with E-state index in [1.165, 1.54) is 11.8 Å². The Labute approximate surface area is 110 Å². The second kappa shape index (κ2) is 5.88. The lowest BCUT2D eigenvalue weighted by molar-refractivity contribution is 0.727. The zero-order valence-electron chi connectivity index (χ0n) is 10.4. The molecule has 0 saturated heterocycles. The van der Waals surface area contributed by atoms with Gasteiger partial charge >= 0.3 is 0 Å². The lowest BCUT2D eigenvalue weighted by Crippen LogP contribution is -2.17. The van der Waals surface area contributed by atoms with Gasteiger partial charge in [0.05, 0.1) is 0 Å². The molecular weight excluding hydrogens is 246 g/mol. The molecule has 1 unspecified atom stereocenters. The van der Waals surface area contributed by atoms with Crippen molar-refractivity contribution in [3.05, 3.63) is 35.9 Å². The van der Waals surface area contributed by atoms with Crippen LogP contribution in [0.3, 0.4) is 0 Å². The molecule has 1 atom stereocenters. The van der Waals surface area contributed by atoms with Crippen LogP contribution in [-0.2, 0) is 6.42 Å². The minimum absolute atomic E-state index is 0.118. The Morgan fingerprint density at radius 2 is 1.94 bits per heavy atom. The van der Waals surface area contributed by atoms with Crippen LogP contribution in [-0.4, -0.2) is 26.0 Å². The molecule has 0 radical (unpaired) electrons. The fourth-order valence-corrected chi connectivity index (χ4v) is 2.11. The summed E-state index contributed by atoms with van der Waals surface area (Å²) in [5, 5.41) is 1.31. The van der Waals surface area contributed by atoms with Crippen molar-refractivity contribution in [3.63, 3.8) is 0 Å². The molecule has 0 saturated carbocycles. The molecule has 0 bridgehead atoms. The van der Waals surface area contributed by atoms with E-state index in [0.29, 0.717) is 10.3 Å². The van der Waals surface area contributed by atoms with Gasteiger partial charge in [-0.3, -0.25) is 0 Å². The quantitative estimate of drug-likeness (QED) is 0.843. The monoisotopic (exact) mass is 261 g/mol. The molecule has 0 aliphatic carbocycles. The van der Waals surface area contributed by atoms with Crippen LogP contribution in [0.1, 0.15) is 18.2 Å². The third-order valence-electron chi connectivity index (χ3n) is 2.19. The summed E-state index contributed by atoms with van der Waals surface area (Å²) in [4.78, 5) is 17.0. The van der Waals surface area contributed by atoms with E-state index in [0.717, 1.165) is 17.7 Å². The van der Waals surface area contributed by atoms with Crippen molar-refractivity contribution in [1.82, 2.24) is 19.9 Å². The SMILES string of the molecule is Cc1ccnc(Sc2ncc(CC(C)N)cn2)n1. The summed E-state index contributed by atoms with van der Waals surface area (Å²) in [6.45, 7) is 3.89. The van der Waals surface area contributed by atoms with E-state index in [4.69, 9.17) is 5.73 Å². The van der Waals surface area contributed by atoms with Gasteiger partial charge in [-0.15, -0.1) is 0 Å². The number of hydrogen-bond acceptors (Lipinski definition) is 6. The van der Waals surface area contributed by atoms with Crippen LogP contribution in [0.5, 0.6) is 0 Å². The Morgan fingerprint density at radius 1 is 1.22 bits per heavy atom. The molecule has 0 fully saturated rings. The van der Waals surface area contributed by atoms with Gasteiger partial charge in [0, 0.05) is 30.3 Å². The van der Waals surface area contributed by atoms with Gasteiger partial charge in [0.15, 0.2) is 10.3 Å². The molecule has 0 aliphatic heterocycles. The maximum Gasteiger partial charge on any atom is 0.195 e. The van der Waals surface area contributed by atoms with Gasteiger partial charge in [-0.2, -0.15) is 0 Å². The minimum Gasteiger partial charge on any atom is -0.328 e. The zero-order chi connectivity index (χ0) is 13.0. The van der Waals surface area contributed by atoms with Gasteiger partial charge in [-0.25, -0.2) is 19.9 Å². The fraction of sp³-hybridized carbons (Fsp3) is 0.333. The minimum atomic E-state index is 0.118. The summed E-state index contributed by atoms with van der Waals surface area (Å²) in [6.07, 6.45) is 6.12. The topological polar surface area (TPSA) is 77.6 Å². The second-order valence-electron chi connectivity index (χ2n) is 4.14. The summed E-state index contributed by atoms with van der Waals surface area (Å²) in [5.74, 6) is 0. The number of hydrogen-bond donors (Lipinski definition) is 1. The number of nitrogens with two attached hydrogens (primary N) is 1. The highest BCUT2D eigenvalue weighted by Crippen LogP contribution is 2.20. The molecule has 2 heterocycles. The van der Waals surface area contributed by atoms with Crippen molar-refractivity contribution in [1.29, 1.82) is 0 Å². The molecule has 2 N–H and O–H groups in total. The number of rotatable bonds is 4. The maximum atomic E-state index is 5.72. The maximum absolute atomic E-state index is 5.72. The van der Waals surface area contributed by atoms with Crippen LogP contribution < -0.4 is 5.73 Å². The normalized spacial score (nSPS) is 12.4. The lowest BCUT2D eigenvalue weighted by atomic mass is 10.1. The molecule has 18 heavy (non-hydrogen) atoms. The summed E-state index contributed by atoms with van der Waals surface area (Å²) in [5.41, 5.74) is 7.69. The standard InChI is InChI=1S/C12H15N5S/c1-8(13)5-10-6-15-11(16-7-10)18-12-14-4-3-9(2)17-12/h3-4,6-8H,5,13H2,1-2H3. The first kappa shape index (κ1) is 12.9. The highest BCUT2D eigenvalue weighted by atomic mass is 32.2. The van der Waals surface area contributed by atoms with Crippen molar-refractivity contribution in [3.8, 4) is 0 Å². The smallest absolute Gasteiger partial charge is 0.195 e. The largest absolute Gasteiger partial charge is 0.328 e. The third-order valence-corrected chi connectivity index (χ3v) is 2.97. The molecule has 2 rings (SSSR count). The van der Waals surface area contributed by atoms with Crippen molar-refractivity contribution >= 4 is 11.8 Å². The summed E-state index contributed by atoms with van der Waals surface area (Å²) in [7, 11) is 0. The number of aromatic nitrogens is 4. The van der Waals surface area contributed by atoms with E-state index < -0.39 is 0 Å². The molecule has 2 aromatic rings. The number of nitrogens with zero attached hydrogens (tertiary/aromatic N) is 4. The van der Waals surface area contributed by atoms with Gasteiger partial charge in [0.25, 0.3) is 0 Å². The van der Waals surface area contributed by atoms with Gasteiger partial charge in [-0.1, -0.05) is 0 Å². The first-order valence-corrected chi connectivity index (χ1v) is 6.49. The van der Waals surface area contributed by atoms with Crippen LogP contribution in [0.25, 0.3) is 0 Å². The van der Waals surface area contributed by atoms with Crippen molar-refractivity contribution in [2.75, 3.05) is 0 Å². The molecule has 0 spiro atoms. The zero-order valence-corrected chi connectivity index (χ0v) is 11.2. The van der Waals surface area contributed by atoms with Crippen molar-refractivity contribution in [2.45, 2.75) is 36.6 Å². The second-order valence-corrected chi connectivity index (χ2v) is 5.07. The van der Waals surface area contributed by atoms with Gasteiger partial charge in [0.1, 0.15) is 0 Å². The molecular formula is C12H15N5S. The molecule has 5 nitrogen and oxygen atoms in total. The van der Waals surface area contributed by atoms with Crippen LogP contribution in [0.4, 0.5) is 0 Å². The first-order valence-electron chi connectivity index (χ1n) is 5.67. The fourth-order valence-electron chi connectivity index (χ4n) is 1.43. The van der Waals surface area contributed by atoms with Crippen LogP contribution >= 0.6 is 11.8 Å². The average Bonchev–Trinajstić information content (AvgIpc) is 2.31. The Bertz CT molecular complexity index is 512. The Hall–Kier alpha value is -1.53. The highest BCUT2D eigenvalue weighted by Gasteiger charge is 2.04. The van der Waals surface area contributed by atoms with Gasteiger partial charge in [-0.05, 0) is 43.7 Å². The van der Waals surface area contributed by atoms with Crippen molar-refractivity contribution in [2.24, 2.45) is 5.73 Å². The van der Waals surface area contributed by atoms with E-state index in [2.05, 4.69) is 19.9 Å². The van der Waals surface area contributed by atoms with Gasteiger partial charge in [0.2, 0.25) is 0 Å². The summed E-state index contributed by atoms with van der Waals surface area (Å²) in [6, 6.07) is 1.98. The van der Waals surface area contributed by atoms with Gasteiger partial charge < -0.3 is 5.73 Å². The van der Waals surface area contributed by atoms with Crippen LogP contribution in [0.15, 0.2) is 35.0 Å². The molecule has 0 amide bonds. The van der Waals surface area contributed by atoms with E-state index in [1.807, 2.05) is 19.9 Å². The Kier molecular flexibility index (Phi) is 4.22. The van der Waals surface area contributed by atoms with E-state index in [9.17, 15) is 0 Å². The van der Waals surface area contributed by atoms with E-state index in [1.54, 1.807) is 18.6 Å². The Morgan fingerprint density at radius 3 is 2.56 bits per heavy atom. The lowest BCUT2D eigenvalue weighted by Gasteiger charge is -2.04. The molecule has 94 valence electrons. The van der Waals surface area contributed by atoms with Crippen LogP contribution in [0, 0.1) is 6.92 Å². The third kappa shape index (κ3) is 3.75. The van der Waals surface area contributed by atoms with Crippen molar-refractivity contribution < 1.29 is 0 Å². The molecule has 6 heteroatoms. The Balaban J connectivity index is 2.06.